The molecule has 0 unspecified atom stereocenters. The van der Waals surface area contributed by atoms with Crippen LogP contribution in [-0.2, 0) is 0 Å². The number of rotatable bonds is 4. The van der Waals surface area contributed by atoms with Crippen molar-refractivity contribution in [3.63, 3.8) is 0 Å². The number of aliphatic hydroxyl groups excluding tert-OH is 1. The number of β-amino-alcohol motifs (C(OH)–C–C–N with tert-alkyl or cyclic N) is 1. The van der Waals surface area contributed by atoms with E-state index >= 15 is 0 Å². The van der Waals surface area contributed by atoms with Crippen molar-refractivity contribution in [3.8, 4) is 0 Å². The summed E-state index contributed by atoms with van der Waals surface area (Å²) >= 11 is 0. The first-order chi connectivity index (χ1) is 5.77. The lowest BCUT2D eigenvalue weighted by Gasteiger charge is -2.26. The van der Waals surface area contributed by atoms with Crippen LogP contribution < -0.4 is 0 Å². The van der Waals surface area contributed by atoms with Gasteiger partial charge in [-0.15, -0.1) is 0 Å². The lowest BCUT2D eigenvalue weighted by atomic mass is 10.4. The van der Waals surface area contributed by atoms with Gasteiger partial charge in [0, 0.05) is 26.2 Å². The van der Waals surface area contributed by atoms with Gasteiger partial charge in [-0.3, -0.25) is 0 Å². The zero-order valence-corrected chi connectivity index (χ0v) is 8.16. The van der Waals surface area contributed by atoms with Crippen molar-refractivity contribution in [1.29, 1.82) is 0 Å². The first-order valence-electron chi connectivity index (χ1n) is 4.95. The second-order valence-electron chi connectivity index (χ2n) is 3.48. The van der Waals surface area contributed by atoms with Gasteiger partial charge in [0.1, 0.15) is 0 Å². The van der Waals surface area contributed by atoms with Crippen molar-refractivity contribution < 1.29 is 5.11 Å². The van der Waals surface area contributed by atoms with E-state index in [1.54, 1.807) is 0 Å². The normalized spacial score (nSPS) is 22.2. The van der Waals surface area contributed by atoms with Crippen LogP contribution in [-0.4, -0.2) is 47.4 Å². The van der Waals surface area contributed by atoms with Crippen LogP contribution in [0.25, 0.3) is 0 Å². The zero-order valence-electron chi connectivity index (χ0n) is 8.16. The van der Waals surface area contributed by atoms with Crippen LogP contribution in [0.5, 0.6) is 0 Å². The fourth-order valence-electron chi connectivity index (χ4n) is 1.76. The quantitative estimate of drug-likeness (QED) is 0.676. The molecule has 0 radical (unpaired) electrons. The summed E-state index contributed by atoms with van der Waals surface area (Å²) in [5.41, 5.74) is 0. The summed E-state index contributed by atoms with van der Waals surface area (Å²) in [4.78, 5) is 0. The Morgan fingerprint density at radius 2 is 1.50 bits per heavy atom. The Labute approximate surface area is 74.9 Å². The van der Waals surface area contributed by atoms with E-state index in [1.807, 2.05) is 0 Å². The summed E-state index contributed by atoms with van der Waals surface area (Å²) < 4.78 is 0. The molecule has 1 fully saturated rings. The van der Waals surface area contributed by atoms with Gasteiger partial charge in [-0.1, -0.05) is 13.8 Å². The minimum absolute atomic E-state index is 0.136. The fraction of sp³-hybridized carbons (Fsp3) is 1.00. The third kappa shape index (κ3) is 2.44. The average molecular weight is 172 g/mol. The van der Waals surface area contributed by atoms with E-state index in [0.717, 1.165) is 39.0 Å². The minimum atomic E-state index is -0.136. The molecule has 0 bridgehead atoms. The Morgan fingerprint density at radius 1 is 1.08 bits per heavy atom. The predicted molar refractivity (Wildman–Crippen MR) is 49.7 cm³/mol. The van der Waals surface area contributed by atoms with Gasteiger partial charge in [0.25, 0.3) is 0 Å². The molecule has 0 spiro atoms. The maximum Gasteiger partial charge on any atom is 0.0822 e. The van der Waals surface area contributed by atoms with Crippen LogP contribution >= 0.6 is 0 Å². The van der Waals surface area contributed by atoms with Gasteiger partial charge in [0.05, 0.1) is 6.10 Å². The monoisotopic (exact) mass is 172 g/mol. The van der Waals surface area contributed by atoms with Gasteiger partial charge in [0.15, 0.2) is 0 Å². The van der Waals surface area contributed by atoms with Gasteiger partial charge < -0.3 is 5.11 Å². The van der Waals surface area contributed by atoms with Crippen molar-refractivity contribution in [2.75, 3.05) is 26.2 Å². The molecule has 1 rings (SSSR count). The summed E-state index contributed by atoms with van der Waals surface area (Å²) in [6, 6.07) is 0. The molecule has 0 atom stereocenters. The highest BCUT2D eigenvalue weighted by atomic mass is 16.3. The maximum absolute atomic E-state index is 9.44. The van der Waals surface area contributed by atoms with Gasteiger partial charge >= 0.3 is 0 Å². The van der Waals surface area contributed by atoms with Crippen molar-refractivity contribution >= 4 is 0 Å². The molecule has 1 aliphatic heterocycles. The molecule has 1 saturated heterocycles. The van der Waals surface area contributed by atoms with Crippen molar-refractivity contribution in [1.82, 2.24) is 10.0 Å². The standard InChI is InChI=1S/C9H20N2O/c1-3-5-10-7-9(12)8-11(10)6-4-2/h9,12H,3-8H2,1-2H3. The van der Waals surface area contributed by atoms with Crippen LogP contribution in [0.2, 0.25) is 0 Å². The molecule has 1 N–H and O–H groups in total. The molecule has 1 aliphatic rings. The second kappa shape index (κ2) is 4.80. The molecule has 3 heteroatoms. The molecular formula is C9H20N2O. The lowest BCUT2D eigenvalue weighted by molar-refractivity contribution is 0.0276. The van der Waals surface area contributed by atoms with E-state index in [2.05, 4.69) is 23.9 Å². The van der Waals surface area contributed by atoms with Crippen LogP contribution in [0.1, 0.15) is 26.7 Å². The highest BCUT2D eigenvalue weighted by Crippen LogP contribution is 2.11. The van der Waals surface area contributed by atoms with Crippen molar-refractivity contribution in [2.45, 2.75) is 32.8 Å². The Hall–Kier alpha value is -0.120. The van der Waals surface area contributed by atoms with E-state index in [0.29, 0.717) is 0 Å². The van der Waals surface area contributed by atoms with E-state index < -0.39 is 0 Å². The fourth-order valence-corrected chi connectivity index (χ4v) is 1.76. The topological polar surface area (TPSA) is 26.7 Å². The third-order valence-corrected chi connectivity index (χ3v) is 2.21. The first-order valence-corrected chi connectivity index (χ1v) is 4.95. The number of aliphatic hydroxyl groups is 1. The maximum atomic E-state index is 9.44. The summed E-state index contributed by atoms with van der Waals surface area (Å²) in [6.45, 7) is 8.17. The Bertz CT molecular complexity index is 116. The molecule has 12 heavy (non-hydrogen) atoms. The van der Waals surface area contributed by atoms with Gasteiger partial charge in [-0.2, -0.15) is 0 Å². The van der Waals surface area contributed by atoms with E-state index in [1.165, 1.54) is 0 Å². The third-order valence-electron chi connectivity index (χ3n) is 2.21. The van der Waals surface area contributed by atoms with Crippen LogP contribution in [0.4, 0.5) is 0 Å². The molecule has 72 valence electrons. The number of hydrogen-bond acceptors (Lipinski definition) is 3. The van der Waals surface area contributed by atoms with Crippen LogP contribution in [0.15, 0.2) is 0 Å². The number of hydrazine groups is 1. The first kappa shape index (κ1) is 9.96. The zero-order chi connectivity index (χ0) is 8.97. The van der Waals surface area contributed by atoms with Crippen LogP contribution in [0.3, 0.4) is 0 Å². The minimum Gasteiger partial charge on any atom is -0.390 e. The molecule has 0 aromatic carbocycles. The van der Waals surface area contributed by atoms with E-state index in [-0.39, 0.29) is 6.10 Å². The summed E-state index contributed by atoms with van der Waals surface area (Å²) in [6.07, 6.45) is 2.18. The SMILES string of the molecule is CCCN1CC(O)CN1CCC. The largest absolute Gasteiger partial charge is 0.390 e. The Kier molecular flexibility index (Phi) is 3.98. The molecule has 1 heterocycles. The van der Waals surface area contributed by atoms with Crippen LogP contribution in [0, 0.1) is 0 Å². The highest BCUT2D eigenvalue weighted by Gasteiger charge is 2.26. The molecule has 0 saturated carbocycles. The van der Waals surface area contributed by atoms with E-state index in [4.69, 9.17) is 0 Å². The van der Waals surface area contributed by atoms with E-state index in [9.17, 15) is 5.11 Å². The summed E-state index contributed by atoms with van der Waals surface area (Å²) in [7, 11) is 0. The molecule has 0 aromatic rings. The molecular weight excluding hydrogens is 152 g/mol. The molecule has 0 amide bonds. The van der Waals surface area contributed by atoms with Gasteiger partial charge in [-0.25, -0.2) is 10.0 Å². The van der Waals surface area contributed by atoms with Gasteiger partial charge in [-0.05, 0) is 12.8 Å². The Balaban J connectivity index is 2.36. The second-order valence-corrected chi connectivity index (χ2v) is 3.48. The van der Waals surface area contributed by atoms with Crippen molar-refractivity contribution in [3.05, 3.63) is 0 Å². The van der Waals surface area contributed by atoms with Crippen molar-refractivity contribution in [2.24, 2.45) is 0 Å². The predicted octanol–water partition coefficient (Wildman–Crippen LogP) is 0.700. The summed E-state index contributed by atoms with van der Waals surface area (Å²) in [5, 5.41) is 14.0. The summed E-state index contributed by atoms with van der Waals surface area (Å²) in [5.74, 6) is 0. The number of nitrogens with zero attached hydrogens (tertiary/aromatic N) is 2. The molecule has 0 aromatic heterocycles. The highest BCUT2D eigenvalue weighted by molar-refractivity contribution is 4.74. The average Bonchev–Trinajstić information content (AvgIpc) is 2.33. The molecule has 0 aliphatic carbocycles. The molecule has 3 nitrogen and oxygen atoms in total. The Morgan fingerprint density at radius 3 is 1.83 bits per heavy atom. The smallest absolute Gasteiger partial charge is 0.0822 e. The lowest BCUT2D eigenvalue weighted by Crippen LogP contribution is -2.37. The van der Waals surface area contributed by atoms with Gasteiger partial charge in [0.2, 0.25) is 0 Å². The number of hydrogen-bond donors (Lipinski definition) is 1.